The second kappa shape index (κ2) is 5.54. The second-order valence-corrected chi connectivity index (χ2v) is 4.38. The summed E-state index contributed by atoms with van der Waals surface area (Å²) in [6.45, 7) is 1.16. The third-order valence-corrected chi connectivity index (χ3v) is 2.54. The highest BCUT2D eigenvalue weighted by Crippen LogP contribution is 2.22. The van der Waals surface area contributed by atoms with Crippen LogP contribution in [0.5, 0.6) is 5.88 Å². The van der Waals surface area contributed by atoms with Crippen molar-refractivity contribution in [2.45, 2.75) is 25.3 Å². The van der Waals surface area contributed by atoms with E-state index in [-0.39, 0.29) is 6.61 Å². The van der Waals surface area contributed by atoms with Gasteiger partial charge in [0, 0.05) is 23.2 Å². The number of rotatable bonds is 5. The molecule has 0 saturated heterocycles. The van der Waals surface area contributed by atoms with Crippen LogP contribution >= 0.6 is 15.9 Å². The Morgan fingerprint density at radius 3 is 2.88 bits per heavy atom. The third-order valence-electron chi connectivity index (χ3n) is 2.05. The summed E-state index contributed by atoms with van der Waals surface area (Å²) < 4.78 is 32.1. The molecule has 1 aromatic rings. The number of alkyl halides is 2. The molecule has 16 heavy (non-hydrogen) atoms. The molecule has 0 unspecified atom stereocenters. The molecule has 0 aromatic carbocycles. The minimum Gasteiger partial charge on any atom is -0.477 e. The van der Waals surface area contributed by atoms with Crippen molar-refractivity contribution in [1.82, 2.24) is 4.98 Å². The Labute approximate surface area is 101 Å². The first kappa shape index (κ1) is 13.3. The van der Waals surface area contributed by atoms with E-state index in [0.29, 0.717) is 5.88 Å². The Kier molecular flexibility index (Phi) is 4.61. The molecular formula is C10H13BrF2N2O. The first-order valence-electron chi connectivity index (χ1n) is 4.79. The topological polar surface area (TPSA) is 48.1 Å². The number of aromatic nitrogens is 1. The van der Waals surface area contributed by atoms with E-state index >= 15 is 0 Å². The van der Waals surface area contributed by atoms with E-state index in [1.54, 1.807) is 12.1 Å². The predicted molar refractivity (Wildman–Crippen MR) is 60.6 cm³/mol. The normalized spacial score (nSPS) is 13.6. The van der Waals surface area contributed by atoms with Crippen LogP contribution in [0.2, 0.25) is 0 Å². The molecule has 3 nitrogen and oxygen atoms in total. The SMILES string of the molecule is C[C@H](N)C(F)(F)CCOc1cc(Br)ccn1. The quantitative estimate of drug-likeness (QED) is 0.908. The van der Waals surface area contributed by atoms with Crippen LogP contribution in [0.1, 0.15) is 13.3 Å². The molecule has 90 valence electrons. The van der Waals surface area contributed by atoms with Gasteiger partial charge in [0.15, 0.2) is 0 Å². The van der Waals surface area contributed by atoms with Crippen molar-refractivity contribution in [1.29, 1.82) is 0 Å². The van der Waals surface area contributed by atoms with Gasteiger partial charge in [0.05, 0.1) is 12.6 Å². The van der Waals surface area contributed by atoms with E-state index in [0.717, 1.165) is 4.47 Å². The predicted octanol–water partition coefficient (Wildman–Crippen LogP) is 2.60. The molecule has 0 radical (unpaired) electrons. The van der Waals surface area contributed by atoms with Gasteiger partial charge in [-0.3, -0.25) is 0 Å². The van der Waals surface area contributed by atoms with Gasteiger partial charge in [0.1, 0.15) is 0 Å². The Bertz CT molecular complexity index is 347. The smallest absolute Gasteiger partial charge is 0.265 e. The van der Waals surface area contributed by atoms with Gasteiger partial charge in [0.2, 0.25) is 5.88 Å². The molecule has 0 aliphatic rings. The molecule has 1 heterocycles. The van der Waals surface area contributed by atoms with Gasteiger partial charge in [-0.25, -0.2) is 13.8 Å². The standard InChI is InChI=1S/C10H13BrF2N2O/c1-7(14)10(12,13)3-5-16-9-6-8(11)2-4-15-9/h2,4,6-7H,3,5,14H2,1H3/t7-/m0/s1. The van der Waals surface area contributed by atoms with Gasteiger partial charge in [-0.1, -0.05) is 15.9 Å². The summed E-state index contributed by atoms with van der Waals surface area (Å²) >= 11 is 3.23. The summed E-state index contributed by atoms with van der Waals surface area (Å²) in [6.07, 6.45) is 1.11. The van der Waals surface area contributed by atoms with Crippen LogP contribution in [-0.2, 0) is 0 Å². The van der Waals surface area contributed by atoms with Gasteiger partial charge in [0.25, 0.3) is 5.92 Å². The first-order valence-corrected chi connectivity index (χ1v) is 5.59. The maximum absolute atomic E-state index is 13.1. The highest BCUT2D eigenvalue weighted by atomic mass is 79.9. The van der Waals surface area contributed by atoms with E-state index in [1.807, 2.05) is 0 Å². The van der Waals surface area contributed by atoms with Crippen LogP contribution in [0.4, 0.5) is 8.78 Å². The zero-order valence-corrected chi connectivity index (χ0v) is 10.4. The molecule has 6 heteroatoms. The van der Waals surface area contributed by atoms with Crippen LogP contribution < -0.4 is 10.5 Å². The lowest BCUT2D eigenvalue weighted by molar-refractivity contribution is -0.0374. The molecule has 2 N–H and O–H groups in total. The fraction of sp³-hybridized carbons (Fsp3) is 0.500. The lowest BCUT2D eigenvalue weighted by atomic mass is 10.1. The highest BCUT2D eigenvalue weighted by molar-refractivity contribution is 9.10. The molecular weight excluding hydrogens is 282 g/mol. The van der Waals surface area contributed by atoms with Crippen molar-refractivity contribution in [2.24, 2.45) is 5.73 Å². The Morgan fingerprint density at radius 2 is 2.31 bits per heavy atom. The van der Waals surface area contributed by atoms with Gasteiger partial charge in [-0.2, -0.15) is 0 Å². The molecule has 1 rings (SSSR count). The lowest BCUT2D eigenvalue weighted by Gasteiger charge is -2.19. The van der Waals surface area contributed by atoms with E-state index in [9.17, 15) is 8.78 Å². The number of hydrogen-bond donors (Lipinski definition) is 1. The number of hydrogen-bond acceptors (Lipinski definition) is 3. The van der Waals surface area contributed by atoms with E-state index < -0.39 is 18.4 Å². The van der Waals surface area contributed by atoms with E-state index in [1.165, 1.54) is 13.1 Å². The van der Waals surface area contributed by atoms with Crippen molar-refractivity contribution in [2.75, 3.05) is 6.61 Å². The first-order chi connectivity index (χ1) is 7.42. The Balaban J connectivity index is 2.42. The molecule has 0 amide bonds. The summed E-state index contributed by atoms with van der Waals surface area (Å²) in [5.74, 6) is -2.60. The molecule has 1 atom stereocenters. The molecule has 0 bridgehead atoms. The molecule has 1 aromatic heterocycles. The van der Waals surface area contributed by atoms with Crippen molar-refractivity contribution in [3.05, 3.63) is 22.8 Å². The number of ether oxygens (including phenoxy) is 1. The summed E-state index contributed by atoms with van der Waals surface area (Å²) in [5.41, 5.74) is 5.15. The van der Waals surface area contributed by atoms with Gasteiger partial charge in [-0.15, -0.1) is 0 Å². The molecule has 0 aliphatic carbocycles. The maximum atomic E-state index is 13.1. The van der Waals surface area contributed by atoms with Crippen LogP contribution in [0, 0.1) is 0 Å². The third kappa shape index (κ3) is 4.02. The summed E-state index contributed by atoms with van der Waals surface area (Å²) in [5, 5.41) is 0. The molecule has 0 aliphatic heterocycles. The molecule has 0 saturated carbocycles. The zero-order chi connectivity index (χ0) is 12.2. The van der Waals surface area contributed by atoms with Crippen LogP contribution in [0.15, 0.2) is 22.8 Å². The highest BCUT2D eigenvalue weighted by Gasteiger charge is 2.33. The minimum atomic E-state index is -2.91. The second-order valence-electron chi connectivity index (χ2n) is 3.46. The Hall–Kier alpha value is -0.750. The number of pyridine rings is 1. The van der Waals surface area contributed by atoms with Crippen molar-refractivity contribution < 1.29 is 13.5 Å². The summed E-state index contributed by atoms with van der Waals surface area (Å²) in [4.78, 5) is 3.88. The summed E-state index contributed by atoms with van der Waals surface area (Å²) in [7, 11) is 0. The van der Waals surface area contributed by atoms with Crippen molar-refractivity contribution in [3.63, 3.8) is 0 Å². The fourth-order valence-electron chi connectivity index (χ4n) is 0.984. The largest absolute Gasteiger partial charge is 0.477 e. The van der Waals surface area contributed by atoms with Gasteiger partial charge in [-0.05, 0) is 13.0 Å². The molecule has 0 fully saturated rings. The monoisotopic (exact) mass is 294 g/mol. The average Bonchev–Trinajstić information content (AvgIpc) is 2.17. The van der Waals surface area contributed by atoms with Crippen molar-refractivity contribution >= 4 is 15.9 Å². The lowest BCUT2D eigenvalue weighted by Crippen LogP contribution is -2.39. The maximum Gasteiger partial charge on any atom is 0.265 e. The molecule has 0 spiro atoms. The van der Waals surface area contributed by atoms with Crippen LogP contribution in [0.3, 0.4) is 0 Å². The van der Waals surface area contributed by atoms with E-state index in [2.05, 4.69) is 20.9 Å². The minimum absolute atomic E-state index is 0.113. The number of halogens is 3. The average molecular weight is 295 g/mol. The fourth-order valence-corrected chi connectivity index (χ4v) is 1.30. The van der Waals surface area contributed by atoms with Gasteiger partial charge >= 0.3 is 0 Å². The zero-order valence-electron chi connectivity index (χ0n) is 8.79. The summed E-state index contributed by atoms with van der Waals surface area (Å²) in [6, 6.07) is 2.17. The van der Waals surface area contributed by atoms with E-state index in [4.69, 9.17) is 10.5 Å². The van der Waals surface area contributed by atoms with Crippen LogP contribution in [0.25, 0.3) is 0 Å². The van der Waals surface area contributed by atoms with Crippen molar-refractivity contribution in [3.8, 4) is 5.88 Å². The Morgan fingerprint density at radius 1 is 1.62 bits per heavy atom. The van der Waals surface area contributed by atoms with Gasteiger partial charge < -0.3 is 10.5 Å². The number of nitrogens with zero attached hydrogens (tertiary/aromatic N) is 1. The number of nitrogens with two attached hydrogens (primary N) is 1. The van der Waals surface area contributed by atoms with Crippen LogP contribution in [-0.4, -0.2) is 23.6 Å².